The van der Waals surface area contributed by atoms with Gasteiger partial charge in [-0.2, -0.15) is 0 Å². The Bertz CT molecular complexity index is 675. The van der Waals surface area contributed by atoms with Gasteiger partial charge in [0, 0.05) is 15.6 Å². The van der Waals surface area contributed by atoms with Crippen molar-refractivity contribution in [2.24, 2.45) is 0 Å². The largest absolute Gasteiger partial charge is 0.328 e. The van der Waals surface area contributed by atoms with Crippen LogP contribution in [-0.4, -0.2) is 12.5 Å². The molecule has 1 heterocycles. The van der Waals surface area contributed by atoms with Crippen LogP contribution in [0.25, 0.3) is 0 Å². The molecule has 102 valence electrons. The van der Waals surface area contributed by atoms with Crippen molar-refractivity contribution in [3.63, 3.8) is 0 Å². The van der Waals surface area contributed by atoms with Gasteiger partial charge in [0.1, 0.15) is 6.04 Å². The summed E-state index contributed by atoms with van der Waals surface area (Å²) in [6.07, 6.45) is 0. The molecule has 0 fully saturated rings. The highest BCUT2D eigenvalue weighted by Gasteiger charge is 2.27. The Labute approximate surface area is 130 Å². The van der Waals surface area contributed by atoms with E-state index in [0.717, 1.165) is 21.3 Å². The minimum absolute atomic E-state index is 0.00289. The molecule has 0 spiro atoms. The van der Waals surface area contributed by atoms with Gasteiger partial charge in [-0.15, -0.1) is 0 Å². The van der Waals surface area contributed by atoms with E-state index in [2.05, 4.69) is 21.2 Å². The molecule has 5 heteroatoms. The van der Waals surface area contributed by atoms with Gasteiger partial charge in [-0.05, 0) is 24.3 Å². The summed E-state index contributed by atoms with van der Waals surface area (Å²) in [5, 5.41) is 5.66. The quantitative estimate of drug-likeness (QED) is 0.814. The second kappa shape index (κ2) is 5.56. The normalized spacial score (nSPS) is 18.1. The molecule has 2 aromatic rings. The van der Waals surface area contributed by atoms with Gasteiger partial charge >= 0.3 is 0 Å². The second-order valence-corrected chi connectivity index (χ2v) is 6.04. The highest BCUT2D eigenvalue weighted by Crippen LogP contribution is 2.32. The van der Waals surface area contributed by atoms with Crippen molar-refractivity contribution < 1.29 is 10.1 Å². The van der Waals surface area contributed by atoms with E-state index in [9.17, 15) is 4.79 Å². The third kappa shape index (κ3) is 2.59. The van der Waals surface area contributed by atoms with Crippen molar-refractivity contribution in [3.8, 4) is 0 Å². The van der Waals surface area contributed by atoms with E-state index in [1.165, 1.54) is 0 Å². The van der Waals surface area contributed by atoms with E-state index in [1.54, 1.807) is 0 Å². The lowest BCUT2D eigenvalue weighted by atomic mass is 9.97. The zero-order chi connectivity index (χ0) is 14.1. The Hall–Kier alpha value is -1.36. The first-order valence-corrected chi connectivity index (χ1v) is 7.49. The molecule has 0 bridgehead atoms. The molecule has 3 rings (SSSR count). The molecule has 3 N–H and O–H groups in total. The van der Waals surface area contributed by atoms with Crippen molar-refractivity contribution in [2.75, 3.05) is 11.9 Å². The lowest BCUT2D eigenvalue weighted by molar-refractivity contribution is -0.675. The van der Waals surface area contributed by atoms with Crippen LogP contribution in [0.1, 0.15) is 17.2 Å². The van der Waals surface area contributed by atoms with E-state index in [1.807, 2.05) is 47.8 Å². The van der Waals surface area contributed by atoms with Crippen molar-refractivity contribution in [1.29, 1.82) is 0 Å². The van der Waals surface area contributed by atoms with Crippen LogP contribution in [0.4, 0.5) is 5.69 Å². The molecule has 0 aliphatic carbocycles. The van der Waals surface area contributed by atoms with E-state index in [0.29, 0.717) is 11.6 Å². The fourth-order valence-corrected chi connectivity index (χ4v) is 3.11. The van der Waals surface area contributed by atoms with Crippen LogP contribution in [0.15, 0.2) is 46.9 Å². The van der Waals surface area contributed by atoms with Gasteiger partial charge < -0.3 is 10.6 Å². The number of benzene rings is 2. The minimum Gasteiger partial charge on any atom is -0.328 e. The number of hydrogen-bond donors (Lipinski definition) is 2. The summed E-state index contributed by atoms with van der Waals surface area (Å²) in [7, 11) is 0. The maximum absolute atomic E-state index is 11.8. The molecule has 1 atom stereocenters. The number of nitrogens with one attached hydrogen (secondary N) is 1. The molecule has 1 aliphatic rings. The van der Waals surface area contributed by atoms with E-state index < -0.39 is 0 Å². The molecule has 0 saturated carbocycles. The number of halogens is 2. The van der Waals surface area contributed by atoms with Gasteiger partial charge in [0.25, 0.3) is 5.91 Å². The SMILES string of the molecule is O=C1C[NH2+]C(c2ccccc2Cl)c2cc(Br)ccc2N1. The number of hydrogen-bond acceptors (Lipinski definition) is 1. The number of carbonyl (C=O) groups excluding carboxylic acids is 1. The van der Waals surface area contributed by atoms with Crippen LogP contribution in [0, 0.1) is 0 Å². The highest BCUT2D eigenvalue weighted by atomic mass is 79.9. The summed E-state index contributed by atoms with van der Waals surface area (Å²) in [6, 6.07) is 13.6. The molecule has 0 saturated heterocycles. The first kappa shape index (κ1) is 13.6. The number of quaternary nitrogens is 1. The molecule has 1 aliphatic heterocycles. The molecule has 3 nitrogen and oxygen atoms in total. The molecular weight excluding hydrogens is 340 g/mol. The smallest absolute Gasteiger partial charge is 0.279 e. The Morgan fingerprint density at radius 1 is 1.20 bits per heavy atom. The highest BCUT2D eigenvalue weighted by molar-refractivity contribution is 9.10. The van der Waals surface area contributed by atoms with Gasteiger partial charge in [-0.25, -0.2) is 0 Å². The Morgan fingerprint density at radius 3 is 2.80 bits per heavy atom. The zero-order valence-electron chi connectivity index (χ0n) is 10.6. The maximum Gasteiger partial charge on any atom is 0.279 e. The molecular formula is C15H13BrClN2O+. The fraction of sp³-hybridized carbons (Fsp3) is 0.133. The van der Waals surface area contributed by atoms with Gasteiger partial charge in [0.05, 0.1) is 10.7 Å². The third-order valence-corrected chi connectivity index (χ3v) is 4.24. The standard InChI is InChI=1S/C15H12BrClN2O/c16-9-5-6-13-11(7-9)15(18-8-14(20)19-13)10-3-1-2-4-12(10)17/h1-7,15,18H,8H2,(H,19,20)/p+1. The van der Waals surface area contributed by atoms with Gasteiger partial charge in [0.15, 0.2) is 6.54 Å². The van der Waals surface area contributed by atoms with Crippen LogP contribution in [0.2, 0.25) is 5.02 Å². The monoisotopic (exact) mass is 351 g/mol. The molecule has 1 unspecified atom stereocenters. The lowest BCUT2D eigenvalue weighted by Crippen LogP contribution is -2.86. The first-order chi connectivity index (χ1) is 9.65. The summed E-state index contributed by atoms with van der Waals surface area (Å²) in [4.78, 5) is 11.8. The van der Waals surface area contributed by atoms with Gasteiger partial charge in [-0.3, -0.25) is 4.79 Å². The number of amides is 1. The number of fused-ring (bicyclic) bond motifs is 1. The van der Waals surface area contributed by atoms with Gasteiger partial charge in [-0.1, -0.05) is 45.7 Å². The zero-order valence-corrected chi connectivity index (χ0v) is 12.9. The summed E-state index contributed by atoms with van der Waals surface area (Å²) in [5.74, 6) is 0.00289. The van der Waals surface area contributed by atoms with Crippen molar-refractivity contribution in [2.45, 2.75) is 6.04 Å². The molecule has 1 amide bonds. The number of nitrogens with two attached hydrogens (primary N) is 1. The summed E-state index contributed by atoms with van der Waals surface area (Å²) >= 11 is 9.81. The second-order valence-electron chi connectivity index (χ2n) is 4.72. The van der Waals surface area contributed by atoms with Crippen LogP contribution < -0.4 is 10.6 Å². The molecule has 20 heavy (non-hydrogen) atoms. The van der Waals surface area contributed by atoms with Gasteiger partial charge in [0.2, 0.25) is 0 Å². The number of carbonyl (C=O) groups is 1. The first-order valence-electron chi connectivity index (χ1n) is 6.32. The van der Waals surface area contributed by atoms with E-state index in [4.69, 9.17) is 11.6 Å². The Balaban J connectivity index is 2.15. The number of rotatable bonds is 1. The average molecular weight is 353 g/mol. The fourth-order valence-electron chi connectivity index (χ4n) is 2.48. The summed E-state index contributed by atoms with van der Waals surface area (Å²) < 4.78 is 0.984. The Morgan fingerprint density at radius 2 is 2.00 bits per heavy atom. The van der Waals surface area contributed by atoms with Crippen molar-refractivity contribution >= 4 is 39.1 Å². The van der Waals surface area contributed by atoms with E-state index in [-0.39, 0.29) is 11.9 Å². The average Bonchev–Trinajstić information content (AvgIpc) is 2.58. The maximum atomic E-state index is 11.8. The molecule has 0 aromatic heterocycles. The van der Waals surface area contributed by atoms with Crippen molar-refractivity contribution in [3.05, 3.63) is 63.1 Å². The van der Waals surface area contributed by atoms with Crippen molar-refractivity contribution in [1.82, 2.24) is 0 Å². The van der Waals surface area contributed by atoms with Crippen LogP contribution in [0.5, 0.6) is 0 Å². The van der Waals surface area contributed by atoms with Crippen LogP contribution >= 0.6 is 27.5 Å². The molecule has 0 radical (unpaired) electrons. The topological polar surface area (TPSA) is 45.7 Å². The van der Waals surface area contributed by atoms with Crippen LogP contribution in [0.3, 0.4) is 0 Å². The number of anilines is 1. The van der Waals surface area contributed by atoms with E-state index >= 15 is 0 Å². The predicted molar refractivity (Wildman–Crippen MR) is 82.9 cm³/mol. The summed E-state index contributed by atoms with van der Waals surface area (Å²) in [6.45, 7) is 0.377. The Kier molecular flexibility index (Phi) is 3.78. The summed E-state index contributed by atoms with van der Waals surface area (Å²) in [5.41, 5.74) is 2.92. The third-order valence-electron chi connectivity index (χ3n) is 3.40. The minimum atomic E-state index is 0.00289. The molecule has 2 aromatic carbocycles. The predicted octanol–water partition coefficient (Wildman–Crippen LogP) is 2.71. The van der Waals surface area contributed by atoms with Crippen LogP contribution in [-0.2, 0) is 4.79 Å². The lowest BCUT2D eigenvalue weighted by Gasteiger charge is -2.17.